The van der Waals surface area contributed by atoms with Gasteiger partial charge in [0.15, 0.2) is 11.5 Å². The lowest BCUT2D eigenvalue weighted by molar-refractivity contribution is -0.132. The summed E-state index contributed by atoms with van der Waals surface area (Å²) >= 11 is 0. The summed E-state index contributed by atoms with van der Waals surface area (Å²) in [5.74, 6) is 0.210. The molecule has 0 saturated carbocycles. The summed E-state index contributed by atoms with van der Waals surface area (Å²) in [4.78, 5) is 28.4. The van der Waals surface area contributed by atoms with Crippen molar-refractivity contribution in [2.75, 3.05) is 24.7 Å². The molecule has 37 heavy (non-hydrogen) atoms. The Balaban J connectivity index is 1.67. The average Bonchev–Trinajstić information content (AvgIpc) is 3.18. The number of ether oxygens (including phenoxy) is 3. The third kappa shape index (κ3) is 4.53. The van der Waals surface area contributed by atoms with E-state index in [-0.39, 0.29) is 11.3 Å². The van der Waals surface area contributed by atoms with E-state index < -0.39 is 17.7 Å². The first-order chi connectivity index (χ1) is 17.9. The Hall–Kier alpha value is -4.26. The fourth-order valence-electron chi connectivity index (χ4n) is 4.71. The zero-order valence-corrected chi connectivity index (χ0v) is 21.1. The summed E-state index contributed by atoms with van der Waals surface area (Å²) in [5.41, 5.74) is 2.73. The highest BCUT2D eigenvalue weighted by molar-refractivity contribution is 6.51. The minimum absolute atomic E-state index is 0.0146. The molecule has 7 heteroatoms. The van der Waals surface area contributed by atoms with Crippen molar-refractivity contribution in [1.29, 1.82) is 0 Å². The molecule has 2 heterocycles. The van der Waals surface area contributed by atoms with E-state index in [1.54, 1.807) is 42.5 Å². The van der Waals surface area contributed by atoms with Crippen LogP contribution in [-0.2, 0) is 9.59 Å². The largest absolute Gasteiger partial charge is 0.507 e. The van der Waals surface area contributed by atoms with Crippen molar-refractivity contribution >= 4 is 23.1 Å². The minimum Gasteiger partial charge on any atom is -0.507 e. The molecule has 1 saturated heterocycles. The van der Waals surface area contributed by atoms with E-state index in [9.17, 15) is 14.7 Å². The maximum Gasteiger partial charge on any atom is 0.300 e. The molecule has 0 spiro atoms. The molecule has 1 amide bonds. The molecule has 1 atom stereocenters. The lowest BCUT2D eigenvalue weighted by Gasteiger charge is -2.26. The van der Waals surface area contributed by atoms with Gasteiger partial charge in [-0.25, -0.2) is 0 Å². The molecule has 0 bridgehead atoms. The van der Waals surface area contributed by atoms with Crippen LogP contribution in [0.3, 0.4) is 0 Å². The Labute approximate surface area is 215 Å². The predicted octanol–water partition coefficient (Wildman–Crippen LogP) is 5.61. The van der Waals surface area contributed by atoms with Crippen molar-refractivity contribution in [3.05, 3.63) is 89.0 Å². The lowest BCUT2D eigenvalue weighted by atomic mass is 9.93. The van der Waals surface area contributed by atoms with Gasteiger partial charge in [0.25, 0.3) is 11.7 Å². The topological polar surface area (TPSA) is 85.3 Å². The number of rotatable bonds is 6. The summed E-state index contributed by atoms with van der Waals surface area (Å²) < 4.78 is 16.9. The van der Waals surface area contributed by atoms with Gasteiger partial charge < -0.3 is 19.3 Å². The summed E-state index contributed by atoms with van der Waals surface area (Å²) in [5, 5.41) is 11.4. The zero-order valence-electron chi connectivity index (χ0n) is 21.1. The molecule has 3 aromatic rings. The smallest absolute Gasteiger partial charge is 0.300 e. The molecule has 0 aromatic heterocycles. The van der Waals surface area contributed by atoms with Crippen molar-refractivity contribution in [1.82, 2.24) is 0 Å². The van der Waals surface area contributed by atoms with Gasteiger partial charge in [-0.15, -0.1) is 0 Å². The van der Waals surface area contributed by atoms with E-state index in [1.165, 1.54) is 4.90 Å². The molecule has 1 N–H and O–H groups in total. The Kier molecular flexibility index (Phi) is 6.61. The highest BCUT2D eigenvalue weighted by atomic mass is 16.6. The van der Waals surface area contributed by atoms with E-state index in [0.29, 0.717) is 59.8 Å². The second-order valence-electron chi connectivity index (χ2n) is 9.28. The number of carbonyl (C=O) groups is 2. The van der Waals surface area contributed by atoms with Crippen LogP contribution in [0.5, 0.6) is 17.2 Å². The van der Waals surface area contributed by atoms with Crippen LogP contribution in [0.15, 0.2) is 72.3 Å². The first-order valence-corrected chi connectivity index (χ1v) is 12.4. The van der Waals surface area contributed by atoms with E-state index in [2.05, 4.69) is 13.8 Å². The van der Waals surface area contributed by atoms with Crippen molar-refractivity contribution in [2.45, 2.75) is 32.7 Å². The second kappa shape index (κ2) is 10.0. The van der Waals surface area contributed by atoms with E-state index in [4.69, 9.17) is 14.2 Å². The lowest BCUT2D eigenvalue weighted by Crippen LogP contribution is -2.29. The number of hydrogen-bond acceptors (Lipinski definition) is 6. The number of amides is 1. The van der Waals surface area contributed by atoms with Crippen LogP contribution >= 0.6 is 0 Å². The van der Waals surface area contributed by atoms with E-state index in [1.807, 2.05) is 31.2 Å². The standard InChI is InChI=1S/C30H29NO6/c1-4-35-23-7-5-6-22(17-23)31-27(20-10-8-19(9-11-20)18(2)3)26(29(33)30(31)34)28(32)21-12-13-24-25(16-21)37-15-14-36-24/h5-13,16-18,27,32H,4,14-15H2,1-3H3/b28-26-. The molecule has 1 fully saturated rings. The second-order valence-corrected chi connectivity index (χ2v) is 9.28. The molecule has 190 valence electrons. The van der Waals surface area contributed by atoms with Gasteiger partial charge in [0.2, 0.25) is 0 Å². The maximum absolute atomic E-state index is 13.5. The fourth-order valence-corrected chi connectivity index (χ4v) is 4.71. The summed E-state index contributed by atoms with van der Waals surface area (Å²) in [6.07, 6.45) is 0. The van der Waals surface area contributed by atoms with Gasteiger partial charge in [-0.1, -0.05) is 44.2 Å². The zero-order chi connectivity index (χ0) is 26.1. The molecule has 7 nitrogen and oxygen atoms in total. The Morgan fingerprint density at radius 3 is 2.43 bits per heavy atom. The quantitative estimate of drug-likeness (QED) is 0.270. The van der Waals surface area contributed by atoms with Crippen LogP contribution in [0.1, 0.15) is 49.4 Å². The Morgan fingerprint density at radius 1 is 1.00 bits per heavy atom. The van der Waals surface area contributed by atoms with Crippen LogP contribution in [0.25, 0.3) is 5.76 Å². The van der Waals surface area contributed by atoms with E-state index >= 15 is 0 Å². The SMILES string of the molecule is CCOc1cccc(N2C(=O)C(=O)/C(=C(\O)c3ccc4c(c3)OCCO4)C2c2ccc(C(C)C)cc2)c1. The minimum atomic E-state index is -0.828. The van der Waals surface area contributed by atoms with Gasteiger partial charge in [0.1, 0.15) is 24.7 Å². The van der Waals surface area contributed by atoms with Crippen LogP contribution in [0, 0.1) is 0 Å². The number of fused-ring (bicyclic) bond motifs is 1. The van der Waals surface area contributed by atoms with Gasteiger partial charge in [-0.2, -0.15) is 0 Å². The molecule has 2 aliphatic heterocycles. The predicted molar refractivity (Wildman–Crippen MR) is 140 cm³/mol. The van der Waals surface area contributed by atoms with Gasteiger partial charge in [0, 0.05) is 17.3 Å². The van der Waals surface area contributed by atoms with Crippen molar-refractivity contribution in [2.24, 2.45) is 0 Å². The van der Waals surface area contributed by atoms with Crippen molar-refractivity contribution < 1.29 is 28.9 Å². The highest BCUT2D eigenvalue weighted by Gasteiger charge is 2.47. The van der Waals surface area contributed by atoms with Crippen molar-refractivity contribution in [3.63, 3.8) is 0 Å². The van der Waals surface area contributed by atoms with Gasteiger partial charge >= 0.3 is 0 Å². The van der Waals surface area contributed by atoms with Gasteiger partial charge in [-0.3, -0.25) is 14.5 Å². The summed E-state index contributed by atoms with van der Waals surface area (Å²) in [6, 6.07) is 19.0. The average molecular weight is 500 g/mol. The Bertz CT molecular complexity index is 1380. The normalized spacial score (nSPS) is 18.4. The molecule has 1 unspecified atom stereocenters. The number of ketones is 1. The van der Waals surface area contributed by atoms with Crippen molar-refractivity contribution in [3.8, 4) is 17.2 Å². The molecule has 0 aliphatic carbocycles. The number of benzene rings is 3. The number of Topliss-reactive ketones (excluding diaryl/α,β-unsaturated/α-hetero) is 1. The van der Waals surface area contributed by atoms with Crippen LogP contribution in [0.2, 0.25) is 0 Å². The number of anilines is 1. The van der Waals surface area contributed by atoms with Gasteiger partial charge in [0.05, 0.1) is 18.2 Å². The van der Waals surface area contributed by atoms with E-state index in [0.717, 1.165) is 5.56 Å². The molecule has 3 aromatic carbocycles. The number of aliphatic hydroxyl groups is 1. The number of hydrogen-bond donors (Lipinski definition) is 1. The molecule has 2 aliphatic rings. The monoisotopic (exact) mass is 499 g/mol. The molecular formula is C30H29NO6. The fraction of sp³-hybridized carbons (Fsp3) is 0.267. The summed E-state index contributed by atoms with van der Waals surface area (Å²) in [6.45, 7) is 7.37. The highest BCUT2D eigenvalue weighted by Crippen LogP contribution is 2.44. The number of carbonyl (C=O) groups excluding carboxylic acids is 2. The first kappa shape index (κ1) is 24.4. The first-order valence-electron chi connectivity index (χ1n) is 12.4. The maximum atomic E-state index is 13.5. The van der Waals surface area contributed by atoms with Crippen LogP contribution in [-0.4, -0.2) is 36.6 Å². The summed E-state index contributed by atoms with van der Waals surface area (Å²) in [7, 11) is 0. The number of aliphatic hydroxyl groups excluding tert-OH is 1. The molecular weight excluding hydrogens is 470 g/mol. The van der Waals surface area contributed by atoms with Crippen LogP contribution < -0.4 is 19.1 Å². The Morgan fingerprint density at radius 2 is 1.73 bits per heavy atom. The molecule has 5 rings (SSSR count). The van der Waals surface area contributed by atoms with Gasteiger partial charge in [-0.05, 0) is 54.3 Å². The third-order valence-corrected chi connectivity index (χ3v) is 6.59. The molecule has 0 radical (unpaired) electrons. The third-order valence-electron chi connectivity index (χ3n) is 6.59. The number of nitrogens with zero attached hydrogens (tertiary/aromatic N) is 1. The van der Waals surface area contributed by atoms with Crippen LogP contribution in [0.4, 0.5) is 5.69 Å².